The van der Waals surface area contributed by atoms with Gasteiger partial charge >= 0.3 is 0 Å². The Morgan fingerprint density at radius 2 is 2.10 bits per heavy atom. The van der Waals surface area contributed by atoms with Crippen LogP contribution in [0.15, 0.2) is 27.6 Å². The maximum atomic E-state index is 12.6. The number of nitrogens with zero attached hydrogens (tertiary/aromatic N) is 4. The Morgan fingerprint density at radius 1 is 1.24 bits per heavy atom. The number of halogens is 1. The van der Waals surface area contributed by atoms with Crippen LogP contribution in [0, 0.1) is 0 Å². The Labute approximate surface area is 176 Å². The molecule has 0 spiro atoms. The molecule has 0 unspecified atom stereocenters. The van der Waals surface area contributed by atoms with Gasteiger partial charge < -0.3 is 19.0 Å². The summed E-state index contributed by atoms with van der Waals surface area (Å²) in [4.78, 5) is 30.1. The van der Waals surface area contributed by atoms with Gasteiger partial charge in [0.15, 0.2) is 16.7 Å². The van der Waals surface area contributed by atoms with Crippen molar-refractivity contribution in [3.05, 3.63) is 50.0 Å². The van der Waals surface area contributed by atoms with E-state index in [4.69, 9.17) is 20.8 Å². The van der Waals surface area contributed by atoms with Crippen molar-refractivity contribution in [2.45, 2.75) is 19.5 Å². The summed E-state index contributed by atoms with van der Waals surface area (Å²) in [5.41, 5.74) is 1.43. The van der Waals surface area contributed by atoms with Crippen molar-refractivity contribution in [1.29, 1.82) is 0 Å². The number of morpholine rings is 1. The van der Waals surface area contributed by atoms with E-state index in [-0.39, 0.29) is 5.56 Å². The second kappa shape index (κ2) is 7.91. The number of hydrogen-bond donors (Lipinski definition) is 1. The Bertz CT molecular complexity index is 1060. The third kappa shape index (κ3) is 3.83. The van der Waals surface area contributed by atoms with Crippen LogP contribution in [0.4, 0.5) is 5.13 Å². The van der Waals surface area contributed by atoms with Crippen molar-refractivity contribution < 1.29 is 9.15 Å². The van der Waals surface area contributed by atoms with E-state index in [1.54, 1.807) is 29.7 Å². The number of aromatic amines is 1. The number of ether oxygens (including phenoxy) is 1. The first-order chi connectivity index (χ1) is 14.2. The van der Waals surface area contributed by atoms with Gasteiger partial charge in [-0.1, -0.05) is 22.9 Å². The lowest BCUT2D eigenvalue weighted by Crippen LogP contribution is -2.36. The molecule has 3 aromatic heterocycles. The molecular weight excluding hydrogens is 414 g/mol. The highest BCUT2D eigenvalue weighted by Crippen LogP contribution is 2.32. The smallest absolute Gasteiger partial charge is 0.256 e. The van der Waals surface area contributed by atoms with E-state index in [9.17, 15) is 4.79 Å². The monoisotopic (exact) mass is 433 g/mol. The number of fused-ring (bicyclic) bond motifs is 1. The van der Waals surface area contributed by atoms with Gasteiger partial charge in [0.2, 0.25) is 0 Å². The van der Waals surface area contributed by atoms with Crippen molar-refractivity contribution >= 4 is 28.1 Å². The first kappa shape index (κ1) is 18.8. The molecule has 2 aliphatic heterocycles. The van der Waals surface area contributed by atoms with Crippen LogP contribution in [0.25, 0.3) is 11.6 Å². The maximum absolute atomic E-state index is 12.6. The lowest BCUT2D eigenvalue weighted by molar-refractivity contribution is 0.122. The third-order valence-corrected chi connectivity index (χ3v) is 6.72. The van der Waals surface area contributed by atoms with Gasteiger partial charge in [-0.25, -0.2) is 9.97 Å². The summed E-state index contributed by atoms with van der Waals surface area (Å²) in [5.74, 6) is 1.05. The molecule has 0 saturated carbocycles. The summed E-state index contributed by atoms with van der Waals surface area (Å²) in [5, 5.41) is 1.48. The van der Waals surface area contributed by atoms with E-state index < -0.39 is 0 Å². The Morgan fingerprint density at radius 3 is 2.90 bits per heavy atom. The van der Waals surface area contributed by atoms with Crippen molar-refractivity contribution in [3.63, 3.8) is 0 Å². The van der Waals surface area contributed by atoms with E-state index in [1.165, 1.54) is 0 Å². The first-order valence-corrected chi connectivity index (χ1v) is 10.7. The van der Waals surface area contributed by atoms with Gasteiger partial charge in [0.05, 0.1) is 35.6 Å². The summed E-state index contributed by atoms with van der Waals surface area (Å²) in [6, 6.07) is 3.57. The minimum Gasteiger partial charge on any atom is -0.461 e. The maximum Gasteiger partial charge on any atom is 0.256 e. The molecule has 5 heterocycles. The minimum absolute atomic E-state index is 0.115. The average Bonchev–Trinajstić information content (AvgIpc) is 3.40. The zero-order chi connectivity index (χ0) is 19.8. The van der Waals surface area contributed by atoms with Crippen LogP contribution in [0.5, 0.6) is 0 Å². The van der Waals surface area contributed by atoms with Crippen LogP contribution in [-0.4, -0.2) is 52.7 Å². The molecule has 152 valence electrons. The number of rotatable bonds is 4. The Hall–Kier alpha value is -2.20. The largest absolute Gasteiger partial charge is 0.461 e. The van der Waals surface area contributed by atoms with E-state index in [2.05, 4.69) is 24.8 Å². The van der Waals surface area contributed by atoms with Gasteiger partial charge in [-0.15, -0.1) is 0 Å². The van der Waals surface area contributed by atoms with Gasteiger partial charge in [0.1, 0.15) is 5.15 Å². The lowest BCUT2D eigenvalue weighted by atomic mass is 10.1. The Balaban J connectivity index is 1.33. The van der Waals surface area contributed by atoms with Crippen LogP contribution in [-0.2, 0) is 24.2 Å². The predicted octanol–water partition coefficient (Wildman–Crippen LogP) is 2.53. The summed E-state index contributed by atoms with van der Waals surface area (Å²) in [6.45, 7) is 5.11. The molecule has 2 aliphatic rings. The number of thiazole rings is 1. The topological polar surface area (TPSA) is 87.5 Å². The molecule has 29 heavy (non-hydrogen) atoms. The number of H-pyrrole nitrogens is 1. The summed E-state index contributed by atoms with van der Waals surface area (Å²) < 4.78 is 10.8. The standard InChI is InChI=1S/C19H20ClN5O3S/c20-16-15(29-19(22-16)25-5-8-27-9-6-25)11-24-4-3-13-12(10-24)18(26)23-17(21-13)14-2-1-7-28-14/h1-2,7H,3-6,8-11H2,(H,21,23,26). The molecular formula is C19H20ClN5O3S. The molecule has 8 nitrogen and oxygen atoms in total. The van der Waals surface area contributed by atoms with Crippen LogP contribution in [0.2, 0.25) is 5.15 Å². The van der Waals surface area contributed by atoms with E-state index in [1.807, 2.05) is 0 Å². The molecule has 0 amide bonds. The molecule has 10 heteroatoms. The fourth-order valence-electron chi connectivity index (χ4n) is 3.66. The fourth-order valence-corrected chi connectivity index (χ4v) is 5.01. The number of aromatic nitrogens is 3. The number of hydrogen-bond acceptors (Lipinski definition) is 8. The van der Waals surface area contributed by atoms with Crippen LogP contribution in [0.1, 0.15) is 16.1 Å². The van der Waals surface area contributed by atoms with Crippen molar-refractivity contribution in [2.24, 2.45) is 0 Å². The van der Waals surface area contributed by atoms with Gasteiger partial charge in [-0.05, 0) is 12.1 Å². The molecule has 0 aliphatic carbocycles. The van der Waals surface area contributed by atoms with Crippen molar-refractivity contribution in [1.82, 2.24) is 19.9 Å². The van der Waals surface area contributed by atoms with Crippen LogP contribution < -0.4 is 10.5 Å². The van der Waals surface area contributed by atoms with Gasteiger partial charge in [0.25, 0.3) is 5.56 Å². The normalized spacial score (nSPS) is 17.5. The lowest BCUT2D eigenvalue weighted by Gasteiger charge is -2.27. The zero-order valence-electron chi connectivity index (χ0n) is 15.7. The number of nitrogens with one attached hydrogen (secondary N) is 1. The van der Waals surface area contributed by atoms with Crippen LogP contribution >= 0.6 is 22.9 Å². The molecule has 0 bridgehead atoms. The van der Waals surface area contributed by atoms with Crippen molar-refractivity contribution in [3.8, 4) is 11.6 Å². The average molecular weight is 434 g/mol. The van der Waals surface area contributed by atoms with E-state index >= 15 is 0 Å². The van der Waals surface area contributed by atoms with Crippen LogP contribution in [0.3, 0.4) is 0 Å². The van der Waals surface area contributed by atoms with Gasteiger partial charge in [-0.3, -0.25) is 9.69 Å². The highest BCUT2D eigenvalue weighted by molar-refractivity contribution is 7.16. The quantitative estimate of drug-likeness (QED) is 0.676. The molecule has 0 radical (unpaired) electrons. The second-order valence-electron chi connectivity index (χ2n) is 7.09. The molecule has 5 rings (SSSR count). The highest BCUT2D eigenvalue weighted by Gasteiger charge is 2.24. The van der Waals surface area contributed by atoms with Gasteiger partial charge in [0, 0.05) is 39.1 Å². The van der Waals surface area contributed by atoms with Gasteiger partial charge in [-0.2, -0.15) is 0 Å². The zero-order valence-corrected chi connectivity index (χ0v) is 17.3. The molecule has 1 fully saturated rings. The molecule has 3 aromatic rings. The predicted molar refractivity (Wildman–Crippen MR) is 111 cm³/mol. The summed E-state index contributed by atoms with van der Waals surface area (Å²) in [6.07, 6.45) is 2.28. The first-order valence-electron chi connectivity index (χ1n) is 9.53. The van der Waals surface area contributed by atoms with E-state index in [0.29, 0.717) is 55.0 Å². The Kier molecular flexibility index (Phi) is 5.13. The van der Waals surface area contributed by atoms with E-state index in [0.717, 1.165) is 35.3 Å². The molecule has 1 N–H and O–H groups in total. The fraction of sp³-hybridized carbons (Fsp3) is 0.421. The summed E-state index contributed by atoms with van der Waals surface area (Å²) >= 11 is 8.03. The highest BCUT2D eigenvalue weighted by atomic mass is 35.5. The second-order valence-corrected chi connectivity index (χ2v) is 8.51. The number of furan rings is 1. The van der Waals surface area contributed by atoms with Crippen molar-refractivity contribution in [2.75, 3.05) is 37.7 Å². The number of anilines is 1. The minimum atomic E-state index is -0.115. The third-order valence-electron chi connectivity index (χ3n) is 5.19. The molecule has 0 atom stereocenters. The molecule has 0 aromatic carbocycles. The SMILES string of the molecule is O=c1[nH]c(-c2ccco2)nc2c1CN(Cc1sc(N3CCOCC3)nc1Cl)CC2. The summed E-state index contributed by atoms with van der Waals surface area (Å²) in [7, 11) is 0. The molecule has 1 saturated heterocycles.